The molecule has 148 valence electrons. The summed E-state index contributed by atoms with van der Waals surface area (Å²) in [5.41, 5.74) is 1.75. The maximum absolute atomic E-state index is 13.0. The summed E-state index contributed by atoms with van der Waals surface area (Å²) in [6.07, 6.45) is 0.494. The van der Waals surface area contributed by atoms with Crippen LogP contribution in [0.4, 0.5) is 5.69 Å². The Balaban J connectivity index is 1.47. The molecule has 3 aromatic rings. The van der Waals surface area contributed by atoms with Crippen LogP contribution in [0.5, 0.6) is 5.75 Å². The number of thiocarbonyl (C=S) groups is 1. The van der Waals surface area contributed by atoms with Crippen molar-refractivity contribution in [1.82, 2.24) is 0 Å². The summed E-state index contributed by atoms with van der Waals surface area (Å²) in [6, 6.07) is 19.2. The van der Waals surface area contributed by atoms with Crippen LogP contribution in [0.3, 0.4) is 0 Å². The van der Waals surface area contributed by atoms with Gasteiger partial charge in [0.05, 0.1) is 17.5 Å². The molecule has 1 saturated heterocycles. The Morgan fingerprint density at radius 3 is 2.52 bits per heavy atom. The molecule has 7 heteroatoms. The second-order valence-electron chi connectivity index (χ2n) is 6.45. The van der Waals surface area contributed by atoms with Crippen LogP contribution in [-0.2, 0) is 11.2 Å². The third-order valence-electron chi connectivity index (χ3n) is 4.50. The fraction of sp³-hybridized carbons (Fsp3) is 0.182. The number of benzene rings is 2. The van der Waals surface area contributed by atoms with Gasteiger partial charge in [-0.15, -0.1) is 0 Å². The molecule has 0 saturated carbocycles. The van der Waals surface area contributed by atoms with E-state index in [-0.39, 0.29) is 11.2 Å². The predicted molar refractivity (Wildman–Crippen MR) is 125 cm³/mol. The highest BCUT2D eigenvalue weighted by Crippen LogP contribution is 2.35. The molecule has 1 aliphatic heterocycles. The summed E-state index contributed by atoms with van der Waals surface area (Å²) in [5.74, 6) is 2.30. The fourth-order valence-electron chi connectivity index (χ4n) is 3.12. The van der Waals surface area contributed by atoms with Crippen molar-refractivity contribution in [2.75, 3.05) is 11.5 Å². The first-order valence-electron chi connectivity index (χ1n) is 9.17. The highest BCUT2D eigenvalue weighted by molar-refractivity contribution is 9.10. The van der Waals surface area contributed by atoms with Gasteiger partial charge in [-0.05, 0) is 55.5 Å². The summed E-state index contributed by atoms with van der Waals surface area (Å²) in [6.45, 7) is 2.54. The molecule has 4 rings (SSSR count). The van der Waals surface area contributed by atoms with Crippen molar-refractivity contribution in [3.05, 3.63) is 70.9 Å². The van der Waals surface area contributed by atoms with Crippen LogP contribution >= 0.6 is 39.9 Å². The first-order chi connectivity index (χ1) is 14.0. The number of hydrogen-bond donors (Lipinski definition) is 0. The van der Waals surface area contributed by atoms with Crippen LogP contribution in [0.2, 0.25) is 0 Å². The van der Waals surface area contributed by atoms with Crippen molar-refractivity contribution in [2.24, 2.45) is 0 Å². The largest absolute Gasteiger partial charge is 0.494 e. The number of carbonyl (C=O) groups is 1. The number of ether oxygens (including phenoxy) is 1. The lowest BCUT2D eigenvalue weighted by molar-refractivity contribution is -0.116. The lowest BCUT2D eigenvalue weighted by Gasteiger charge is -2.16. The summed E-state index contributed by atoms with van der Waals surface area (Å²) in [4.78, 5) is 14.6. The van der Waals surface area contributed by atoms with Gasteiger partial charge in [-0.25, -0.2) is 0 Å². The second-order valence-corrected chi connectivity index (χ2v) is 9.20. The van der Waals surface area contributed by atoms with E-state index in [1.165, 1.54) is 11.8 Å². The van der Waals surface area contributed by atoms with Gasteiger partial charge in [0.1, 0.15) is 21.6 Å². The van der Waals surface area contributed by atoms with Gasteiger partial charge in [-0.1, -0.05) is 52.0 Å². The molecule has 0 bridgehead atoms. The molecule has 0 aliphatic carbocycles. The smallest absolute Gasteiger partial charge is 0.246 e. The van der Waals surface area contributed by atoms with Gasteiger partial charge in [0.15, 0.2) is 0 Å². The van der Waals surface area contributed by atoms with Crippen LogP contribution in [0.25, 0.3) is 11.3 Å². The van der Waals surface area contributed by atoms with E-state index in [1.807, 2.05) is 67.6 Å². The summed E-state index contributed by atoms with van der Waals surface area (Å²) < 4.78 is 13.0. The minimum Gasteiger partial charge on any atom is -0.494 e. The maximum Gasteiger partial charge on any atom is 0.246 e. The molecule has 1 amide bonds. The zero-order valence-corrected chi connectivity index (χ0v) is 18.9. The lowest BCUT2D eigenvalue weighted by Crippen LogP contribution is -2.31. The van der Waals surface area contributed by atoms with Crippen LogP contribution in [0.1, 0.15) is 12.7 Å². The highest BCUT2D eigenvalue weighted by atomic mass is 79.9. The summed E-state index contributed by atoms with van der Waals surface area (Å²) in [7, 11) is 0. The molecule has 0 N–H and O–H groups in total. The zero-order valence-electron chi connectivity index (χ0n) is 15.6. The van der Waals surface area contributed by atoms with Crippen molar-refractivity contribution in [3.8, 4) is 17.1 Å². The van der Waals surface area contributed by atoms with Crippen molar-refractivity contribution in [3.63, 3.8) is 0 Å². The first-order valence-corrected chi connectivity index (χ1v) is 11.3. The Bertz CT molecular complexity index is 1030. The molecule has 1 aromatic heterocycles. The number of thioether (sulfide) groups is 1. The molecule has 2 heterocycles. The average Bonchev–Trinajstić information content (AvgIpc) is 3.28. The lowest BCUT2D eigenvalue weighted by atomic mass is 10.2. The number of nitrogens with zero attached hydrogens (tertiary/aromatic N) is 1. The predicted octanol–water partition coefficient (Wildman–Crippen LogP) is 6.08. The number of halogens is 1. The summed E-state index contributed by atoms with van der Waals surface area (Å²) in [5, 5.41) is -0.294. The van der Waals surface area contributed by atoms with Gasteiger partial charge in [0, 0.05) is 16.5 Å². The number of carbonyl (C=O) groups excluding carboxylic acids is 1. The van der Waals surface area contributed by atoms with E-state index >= 15 is 0 Å². The van der Waals surface area contributed by atoms with Crippen molar-refractivity contribution in [2.45, 2.75) is 18.6 Å². The third kappa shape index (κ3) is 4.42. The van der Waals surface area contributed by atoms with Gasteiger partial charge in [-0.3, -0.25) is 9.69 Å². The molecular weight excluding hydrogens is 470 g/mol. The van der Waals surface area contributed by atoms with Crippen LogP contribution in [-0.4, -0.2) is 22.1 Å². The molecule has 4 nitrogen and oxygen atoms in total. The molecule has 1 aliphatic rings. The van der Waals surface area contributed by atoms with Crippen LogP contribution in [0.15, 0.2) is 69.6 Å². The van der Waals surface area contributed by atoms with Crippen LogP contribution in [0, 0.1) is 0 Å². The van der Waals surface area contributed by atoms with Gasteiger partial charge >= 0.3 is 0 Å². The molecule has 0 radical (unpaired) electrons. The Morgan fingerprint density at radius 2 is 1.83 bits per heavy atom. The molecule has 2 aromatic carbocycles. The van der Waals surface area contributed by atoms with Crippen LogP contribution < -0.4 is 9.64 Å². The minimum atomic E-state index is -0.294. The first kappa shape index (κ1) is 20.2. The van der Waals surface area contributed by atoms with E-state index in [0.717, 1.165) is 33.0 Å². The maximum atomic E-state index is 13.0. The Labute approximate surface area is 187 Å². The Kier molecular flexibility index (Phi) is 6.08. The van der Waals surface area contributed by atoms with Gasteiger partial charge in [-0.2, -0.15) is 0 Å². The van der Waals surface area contributed by atoms with Crippen molar-refractivity contribution < 1.29 is 13.9 Å². The van der Waals surface area contributed by atoms with Crippen molar-refractivity contribution in [1.29, 1.82) is 0 Å². The standard InChI is InChI=1S/C22H18BrNO3S2/c1-2-26-17-9-7-16(8-10-17)24-21(25)20(29-22(24)28)13-18-11-12-19(27-18)14-3-5-15(23)6-4-14/h3-12,20H,2,13H2,1H3. The Morgan fingerprint density at radius 1 is 1.10 bits per heavy atom. The van der Waals surface area contributed by atoms with Gasteiger partial charge in [0.2, 0.25) is 5.91 Å². The van der Waals surface area contributed by atoms with E-state index in [2.05, 4.69) is 15.9 Å². The average molecular weight is 488 g/mol. The number of hydrogen-bond acceptors (Lipinski definition) is 5. The normalized spacial score (nSPS) is 16.5. The second kappa shape index (κ2) is 8.73. The van der Waals surface area contributed by atoms with E-state index in [0.29, 0.717) is 17.3 Å². The number of furan rings is 1. The molecule has 1 atom stereocenters. The fourth-order valence-corrected chi connectivity index (χ4v) is 4.92. The topological polar surface area (TPSA) is 42.7 Å². The monoisotopic (exact) mass is 487 g/mol. The molecular formula is C22H18BrNO3S2. The van der Waals surface area contributed by atoms with Gasteiger partial charge in [0.25, 0.3) is 0 Å². The van der Waals surface area contributed by atoms with E-state index in [1.54, 1.807) is 4.90 Å². The highest BCUT2D eigenvalue weighted by Gasteiger charge is 2.38. The SMILES string of the molecule is CCOc1ccc(N2C(=O)C(Cc3ccc(-c4ccc(Br)cc4)o3)SC2=S)cc1. The summed E-state index contributed by atoms with van der Waals surface area (Å²) >= 11 is 10.3. The Hall–Kier alpha value is -2.09. The molecule has 1 unspecified atom stereocenters. The quantitative estimate of drug-likeness (QED) is 0.393. The number of anilines is 1. The zero-order chi connectivity index (χ0) is 20.4. The molecule has 1 fully saturated rings. The minimum absolute atomic E-state index is 0.0225. The van der Waals surface area contributed by atoms with E-state index in [4.69, 9.17) is 21.4 Å². The number of rotatable bonds is 6. The molecule has 29 heavy (non-hydrogen) atoms. The van der Waals surface area contributed by atoms with Gasteiger partial charge < -0.3 is 9.15 Å². The van der Waals surface area contributed by atoms with Crippen molar-refractivity contribution >= 4 is 55.8 Å². The third-order valence-corrected chi connectivity index (χ3v) is 6.54. The number of amides is 1. The van der Waals surface area contributed by atoms with E-state index < -0.39 is 0 Å². The molecule has 0 spiro atoms. The van der Waals surface area contributed by atoms with E-state index in [9.17, 15) is 4.79 Å².